The molecule has 2 fully saturated rings. The summed E-state index contributed by atoms with van der Waals surface area (Å²) in [6.07, 6.45) is 12.6. The largest absolute Gasteiger partial charge is 0.448 e. The van der Waals surface area contributed by atoms with E-state index in [9.17, 15) is 22.8 Å². The summed E-state index contributed by atoms with van der Waals surface area (Å²) in [6, 6.07) is 4.08. The van der Waals surface area contributed by atoms with Gasteiger partial charge in [-0.2, -0.15) is 0 Å². The predicted molar refractivity (Wildman–Crippen MR) is 194 cm³/mol. The molecule has 1 atom stereocenters. The maximum atomic E-state index is 13.9. The quantitative estimate of drug-likeness (QED) is 0.215. The van der Waals surface area contributed by atoms with E-state index in [1.54, 1.807) is 12.4 Å². The molecular weight excluding hydrogens is 682 g/mol. The van der Waals surface area contributed by atoms with E-state index in [0.29, 0.717) is 52.3 Å². The number of carbonyl (C=O) groups is 1. The zero-order chi connectivity index (χ0) is 36.7. The number of ether oxygens (including phenoxy) is 2. The standard InChI is InChI=1S/C36H47FN6O4S.CH2F2/c1-22-17-30(48-5)29(34(45)41-22)21-38-33(44)27-18-28(24-19-39-35(40-20-24)43-14-7-6-8-15-43)32-31(23(27)2)46-36(3,47-32)25-9-11-26(12-10-25)42(4)16-13-37;2-1-3/h17-20,25-26H,6-16,21H2,1-5H3,(H,38,44)(H,41,45);1H2. The summed E-state index contributed by atoms with van der Waals surface area (Å²) in [4.78, 5) is 44.1. The van der Waals surface area contributed by atoms with Crippen molar-refractivity contribution in [1.29, 1.82) is 0 Å². The van der Waals surface area contributed by atoms with Crippen LogP contribution in [0, 0.1) is 19.8 Å². The average Bonchev–Trinajstić information content (AvgIpc) is 3.51. The van der Waals surface area contributed by atoms with Crippen molar-refractivity contribution < 1.29 is 27.4 Å². The highest BCUT2D eigenvalue weighted by Gasteiger charge is 2.48. The number of aromatic nitrogens is 3. The third-order valence-electron chi connectivity index (χ3n) is 10.3. The first-order chi connectivity index (χ1) is 24.5. The molecule has 1 aliphatic carbocycles. The van der Waals surface area contributed by atoms with E-state index >= 15 is 0 Å². The number of benzene rings is 1. The molecule has 1 saturated heterocycles. The van der Waals surface area contributed by atoms with Gasteiger partial charge >= 0.3 is 0 Å². The zero-order valence-electron chi connectivity index (χ0n) is 30.1. The number of hydrogen-bond acceptors (Lipinski definition) is 9. The lowest BCUT2D eigenvalue weighted by atomic mass is 9.81. The molecule has 3 aromatic rings. The minimum atomic E-state index is -1.75. The number of amides is 1. The van der Waals surface area contributed by atoms with Crippen molar-refractivity contribution in [2.24, 2.45) is 5.92 Å². The number of pyridine rings is 1. The number of nitrogens with zero attached hydrogens (tertiary/aromatic N) is 4. The molecule has 1 saturated carbocycles. The summed E-state index contributed by atoms with van der Waals surface area (Å²) in [7, 11) is 1.99. The minimum Gasteiger partial charge on any atom is -0.448 e. The Morgan fingerprint density at radius 1 is 1.06 bits per heavy atom. The van der Waals surface area contributed by atoms with Crippen LogP contribution in [-0.2, 0) is 6.54 Å². The molecule has 14 heteroatoms. The van der Waals surface area contributed by atoms with Gasteiger partial charge in [0.2, 0.25) is 12.9 Å². The van der Waals surface area contributed by atoms with Crippen LogP contribution in [0.2, 0.25) is 0 Å². The molecule has 2 N–H and O–H groups in total. The Bertz CT molecular complexity index is 1710. The molecule has 3 aliphatic rings. The summed E-state index contributed by atoms with van der Waals surface area (Å²) in [5, 5.41) is 2.99. The summed E-state index contributed by atoms with van der Waals surface area (Å²) in [5.74, 6) is 0.678. The molecule has 0 radical (unpaired) electrons. The van der Waals surface area contributed by atoms with Crippen molar-refractivity contribution in [3.8, 4) is 22.6 Å². The third-order valence-corrected chi connectivity index (χ3v) is 11.1. The number of halogens is 3. The summed E-state index contributed by atoms with van der Waals surface area (Å²) < 4.78 is 45.8. The van der Waals surface area contributed by atoms with E-state index < -0.39 is 12.7 Å². The third kappa shape index (κ3) is 8.65. The molecule has 1 unspecified atom stereocenters. The molecule has 278 valence electrons. The van der Waals surface area contributed by atoms with Crippen LogP contribution >= 0.6 is 11.8 Å². The van der Waals surface area contributed by atoms with Gasteiger partial charge in [-0.25, -0.2) is 23.1 Å². The van der Waals surface area contributed by atoms with Crippen LogP contribution in [0.3, 0.4) is 0 Å². The Kier molecular flexibility index (Phi) is 12.9. The number of carbonyl (C=O) groups excluding carboxylic acids is 1. The van der Waals surface area contributed by atoms with Gasteiger partial charge in [0.15, 0.2) is 11.5 Å². The van der Waals surface area contributed by atoms with Gasteiger partial charge in [-0.15, -0.1) is 11.8 Å². The second-order valence-electron chi connectivity index (χ2n) is 13.6. The molecule has 10 nitrogen and oxygen atoms in total. The van der Waals surface area contributed by atoms with Gasteiger partial charge in [0, 0.05) is 95.9 Å². The molecule has 2 aromatic heterocycles. The Labute approximate surface area is 301 Å². The number of H-pyrrole nitrogens is 1. The fourth-order valence-electron chi connectivity index (χ4n) is 7.37. The minimum absolute atomic E-state index is 0.0826. The number of piperidine rings is 1. The Hall–Kier alpha value is -3.78. The maximum absolute atomic E-state index is 13.9. The van der Waals surface area contributed by atoms with Crippen LogP contribution < -0.4 is 25.2 Å². The first kappa shape index (κ1) is 38.5. The van der Waals surface area contributed by atoms with Crippen LogP contribution in [0.1, 0.15) is 79.0 Å². The SMILES string of the molecule is CSc1cc(C)[nH]c(=O)c1CNC(=O)c1cc(-c2cnc(N3CCCCC3)nc2)c2c(c1C)OC(C)(C1CCC(N(C)CCF)CC1)O2.FCF. The number of aryl methyl sites for hydroxylation is 1. The van der Waals surface area contributed by atoms with E-state index in [4.69, 9.17) is 19.4 Å². The number of fused-ring (bicyclic) bond motifs is 1. The van der Waals surface area contributed by atoms with E-state index in [-0.39, 0.29) is 30.6 Å². The second kappa shape index (κ2) is 17.2. The van der Waals surface area contributed by atoms with E-state index in [1.165, 1.54) is 18.2 Å². The van der Waals surface area contributed by atoms with Crippen LogP contribution in [0.25, 0.3) is 11.1 Å². The molecule has 51 heavy (non-hydrogen) atoms. The monoisotopic (exact) mass is 730 g/mol. The van der Waals surface area contributed by atoms with E-state index in [0.717, 1.165) is 67.8 Å². The molecule has 0 spiro atoms. The number of anilines is 1. The van der Waals surface area contributed by atoms with Crippen molar-refractivity contribution in [3.63, 3.8) is 0 Å². The van der Waals surface area contributed by atoms with E-state index in [1.807, 2.05) is 46.2 Å². The molecule has 2 aliphatic heterocycles. The van der Waals surface area contributed by atoms with Crippen LogP contribution in [0.4, 0.5) is 19.1 Å². The topological polar surface area (TPSA) is 113 Å². The van der Waals surface area contributed by atoms with Crippen molar-refractivity contribution in [2.75, 3.05) is 51.4 Å². The van der Waals surface area contributed by atoms with Crippen molar-refractivity contribution in [3.05, 3.63) is 57.3 Å². The lowest BCUT2D eigenvalue weighted by Gasteiger charge is -2.39. The molecule has 1 aromatic carbocycles. The van der Waals surface area contributed by atoms with Crippen molar-refractivity contribution in [2.45, 2.75) is 89.0 Å². The highest BCUT2D eigenvalue weighted by Crippen LogP contribution is 2.53. The molecule has 0 bridgehead atoms. The van der Waals surface area contributed by atoms with Crippen LogP contribution in [-0.4, -0.2) is 84.1 Å². The Morgan fingerprint density at radius 2 is 1.71 bits per heavy atom. The fraction of sp³-hybridized carbons (Fsp3) is 0.568. The Morgan fingerprint density at radius 3 is 2.33 bits per heavy atom. The lowest BCUT2D eigenvalue weighted by Crippen LogP contribution is -2.47. The highest BCUT2D eigenvalue weighted by atomic mass is 32.2. The van der Waals surface area contributed by atoms with Crippen molar-refractivity contribution >= 4 is 23.6 Å². The summed E-state index contributed by atoms with van der Waals surface area (Å²) in [5.41, 5.74) is 3.58. The first-order valence-electron chi connectivity index (χ1n) is 17.6. The van der Waals surface area contributed by atoms with Crippen molar-refractivity contribution in [1.82, 2.24) is 25.2 Å². The number of thioether (sulfide) groups is 1. The van der Waals surface area contributed by atoms with Crippen LogP contribution in [0.15, 0.2) is 34.2 Å². The maximum Gasteiger partial charge on any atom is 0.254 e. The summed E-state index contributed by atoms with van der Waals surface area (Å²) in [6.45, 7) is 5.99. The normalized spacial score (nSPS) is 21.3. The Balaban J connectivity index is 0.00000162. The second-order valence-corrected chi connectivity index (χ2v) is 14.4. The van der Waals surface area contributed by atoms with Gasteiger partial charge in [0.25, 0.3) is 17.3 Å². The first-order valence-corrected chi connectivity index (χ1v) is 18.8. The number of aromatic amines is 1. The fourth-order valence-corrected chi connectivity index (χ4v) is 8.08. The average molecular weight is 731 g/mol. The molecule has 6 rings (SSSR count). The number of hydrogen-bond donors (Lipinski definition) is 2. The number of alkyl halides is 3. The summed E-state index contributed by atoms with van der Waals surface area (Å²) >= 11 is 1.47. The van der Waals surface area contributed by atoms with Gasteiger partial charge in [0.1, 0.15) is 6.67 Å². The molecule has 4 heterocycles. The van der Waals surface area contributed by atoms with Gasteiger partial charge in [-0.1, -0.05) is 0 Å². The predicted octanol–water partition coefficient (Wildman–Crippen LogP) is 6.92. The molecular formula is C37H49F3N6O4S. The lowest BCUT2D eigenvalue weighted by molar-refractivity contribution is -0.123. The zero-order valence-corrected chi connectivity index (χ0v) is 30.9. The van der Waals surface area contributed by atoms with Gasteiger partial charge in [0.05, 0.1) is 0 Å². The molecule has 1 amide bonds. The number of rotatable bonds is 10. The van der Waals surface area contributed by atoms with E-state index in [2.05, 4.69) is 20.1 Å². The van der Waals surface area contributed by atoms with Gasteiger partial charge in [-0.05, 0) is 84.2 Å². The van der Waals surface area contributed by atoms with Gasteiger partial charge < -0.3 is 29.6 Å². The highest BCUT2D eigenvalue weighted by molar-refractivity contribution is 7.98. The van der Waals surface area contributed by atoms with Crippen LogP contribution in [0.5, 0.6) is 11.5 Å². The van der Waals surface area contributed by atoms with Gasteiger partial charge in [-0.3, -0.25) is 9.59 Å². The smallest absolute Gasteiger partial charge is 0.254 e. The number of nitrogens with one attached hydrogen (secondary N) is 2.